The predicted molar refractivity (Wildman–Crippen MR) is 112 cm³/mol. The average Bonchev–Trinajstić information content (AvgIpc) is 2.71. The van der Waals surface area contributed by atoms with Crippen LogP contribution in [-0.4, -0.2) is 48.5 Å². The maximum atomic E-state index is 11.9. The van der Waals surface area contributed by atoms with E-state index >= 15 is 0 Å². The third-order valence-electron chi connectivity index (χ3n) is 5.13. The quantitative estimate of drug-likeness (QED) is 0.397. The number of nitrogens with zero attached hydrogens (tertiary/aromatic N) is 1. The molecule has 6 heteroatoms. The molecule has 1 fully saturated rings. The van der Waals surface area contributed by atoms with E-state index < -0.39 is 5.60 Å². The van der Waals surface area contributed by atoms with Gasteiger partial charge in [0.1, 0.15) is 5.60 Å². The van der Waals surface area contributed by atoms with Gasteiger partial charge >= 0.3 is 13.2 Å². The minimum Gasteiger partial charge on any atom is -0.444 e. The van der Waals surface area contributed by atoms with Crippen molar-refractivity contribution >= 4 is 13.2 Å². The lowest BCUT2D eigenvalue weighted by Crippen LogP contribution is -2.41. The van der Waals surface area contributed by atoms with Gasteiger partial charge in [-0.15, -0.1) is 0 Å². The first-order valence-electron chi connectivity index (χ1n) is 10.3. The van der Waals surface area contributed by atoms with E-state index in [0.29, 0.717) is 0 Å². The molecule has 156 valence electrons. The minimum atomic E-state index is -0.432. The predicted octanol–water partition coefficient (Wildman–Crippen LogP) is 5.38. The van der Waals surface area contributed by atoms with Gasteiger partial charge in [-0.1, -0.05) is 31.3 Å². The fourth-order valence-electron chi connectivity index (χ4n) is 2.75. The molecule has 0 N–H and O–H groups in total. The van der Waals surface area contributed by atoms with E-state index in [1.807, 2.05) is 26.7 Å². The average molecular weight is 381 g/mol. The Balaban J connectivity index is 2.06. The lowest BCUT2D eigenvalue weighted by atomic mass is 9.89. The van der Waals surface area contributed by atoms with Crippen molar-refractivity contribution in [2.75, 3.05) is 13.6 Å². The number of allylic oxidation sites excluding steroid dienone is 1. The fraction of sp³-hybridized carbons (Fsp3) is 0.857. The SMILES string of the molecule is CN(CCCCCCCC=CB1OC(C)(C)C(C)(C)O1)C(=O)OC(C)(C)C. The summed E-state index contributed by atoms with van der Waals surface area (Å²) in [5.41, 5.74) is -0.970. The molecular weight excluding hydrogens is 341 g/mol. The van der Waals surface area contributed by atoms with Gasteiger partial charge in [0.15, 0.2) is 0 Å². The molecule has 0 atom stereocenters. The van der Waals surface area contributed by atoms with Crippen molar-refractivity contribution in [3.63, 3.8) is 0 Å². The molecule has 5 nitrogen and oxygen atoms in total. The van der Waals surface area contributed by atoms with E-state index in [-0.39, 0.29) is 24.4 Å². The van der Waals surface area contributed by atoms with Gasteiger partial charge in [-0.25, -0.2) is 4.79 Å². The molecule has 0 aromatic heterocycles. The van der Waals surface area contributed by atoms with E-state index in [9.17, 15) is 4.79 Å². The van der Waals surface area contributed by atoms with Crippen LogP contribution in [0.3, 0.4) is 0 Å². The number of carbonyl (C=O) groups is 1. The molecule has 0 saturated carbocycles. The molecule has 1 heterocycles. The third kappa shape index (κ3) is 8.69. The van der Waals surface area contributed by atoms with Gasteiger partial charge in [0.25, 0.3) is 0 Å². The molecule has 0 radical (unpaired) electrons. The number of hydrogen-bond acceptors (Lipinski definition) is 4. The lowest BCUT2D eigenvalue weighted by molar-refractivity contribution is 0.00578. The fourth-order valence-corrected chi connectivity index (χ4v) is 2.75. The topological polar surface area (TPSA) is 48.0 Å². The Bertz CT molecular complexity index is 481. The number of rotatable bonds is 9. The van der Waals surface area contributed by atoms with Crippen molar-refractivity contribution in [2.24, 2.45) is 0 Å². The Hall–Kier alpha value is -1.01. The Labute approximate surface area is 166 Å². The normalized spacial score (nSPS) is 18.9. The van der Waals surface area contributed by atoms with Crippen LogP contribution >= 0.6 is 0 Å². The van der Waals surface area contributed by atoms with Crippen LogP contribution in [0, 0.1) is 0 Å². The highest BCUT2D eigenvalue weighted by atomic mass is 16.7. The second kappa shape index (κ2) is 9.97. The highest BCUT2D eigenvalue weighted by Gasteiger charge is 2.49. The van der Waals surface area contributed by atoms with Crippen molar-refractivity contribution in [1.82, 2.24) is 4.90 Å². The number of unbranched alkanes of at least 4 members (excludes halogenated alkanes) is 5. The molecule has 27 heavy (non-hydrogen) atoms. The molecule has 1 aliphatic heterocycles. The van der Waals surface area contributed by atoms with Crippen LogP contribution in [0.2, 0.25) is 0 Å². The van der Waals surface area contributed by atoms with E-state index in [0.717, 1.165) is 32.2 Å². The standard InChI is InChI=1S/C21H40BNO4/c1-19(2,3)25-18(24)23(8)17-15-13-11-9-10-12-14-16-22-26-20(4,5)21(6,7)27-22/h14,16H,9-13,15,17H2,1-8H3. The van der Waals surface area contributed by atoms with Gasteiger partial charge in [0.2, 0.25) is 0 Å². The molecule has 1 amide bonds. The summed E-state index contributed by atoms with van der Waals surface area (Å²) >= 11 is 0. The minimum absolute atomic E-state index is 0.238. The number of hydrogen-bond donors (Lipinski definition) is 0. The van der Waals surface area contributed by atoms with Crippen LogP contribution in [0.25, 0.3) is 0 Å². The first-order valence-corrected chi connectivity index (χ1v) is 10.3. The van der Waals surface area contributed by atoms with Crippen LogP contribution in [0.15, 0.2) is 12.1 Å². The lowest BCUT2D eigenvalue weighted by Gasteiger charge is -2.32. The number of carbonyl (C=O) groups excluding carboxylic acids is 1. The second-order valence-electron chi connectivity index (χ2n) is 9.51. The monoisotopic (exact) mass is 381 g/mol. The van der Waals surface area contributed by atoms with Gasteiger partial charge in [0.05, 0.1) is 11.2 Å². The summed E-state index contributed by atoms with van der Waals surface area (Å²) in [5.74, 6) is 2.03. The number of amides is 1. The van der Waals surface area contributed by atoms with Crippen molar-refractivity contribution in [3.8, 4) is 0 Å². The first-order chi connectivity index (χ1) is 12.3. The van der Waals surface area contributed by atoms with Crippen LogP contribution < -0.4 is 0 Å². The summed E-state index contributed by atoms with van der Waals surface area (Å²) in [6.45, 7) is 14.7. The summed E-state index contributed by atoms with van der Waals surface area (Å²) in [5, 5.41) is 0. The summed E-state index contributed by atoms with van der Waals surface area (Å²) in [6.07, 6.45) is 8.66. The molecule has 0 bridgehead atoms. The van der Waals surface area contributed by atoms with Gasteiger partial charge in [-0.2, -0.15) is 0 Å². The van der Waals surface area contributed by atoms with Crippen LogP contribution in [0.4, 0.5) is 4.79 Å². The zero-order valence-corrected chi connectivity index (χ0v) is 18.8. The van der Waals surface area contributed by atoms with Gasteiger partial charge in [0, 0.05) is 13.6 Å². The molecule has 0 unspecified atom stereocenters. The number of ether oxygens (including phenoxy) is 1. The van der Waals surface area contributed by atoms with E-state index in [2.05, 4.69) is 33.8 Å². The molecule has 0 aliphatic carbocycles. The third-order valence-corrected chi connectivity index (χ3v) is 5.13. The Morgan fingerprint density at radius 3 is 2.07 bits per heavy atom. The van der Waals surface area contributed by atoms with E-state index in [1.54, 1.807) is 11.9 Å². The zero-order chi connectivity index (χ0) is 20.7. The van der Waals surface area contributed by atoms with E-state index in [4.69, 9.17) is 14.0 Å². The molecule has 0 spiro atoms. The first kappa shape index (κ1) is 24.0. The zero-order valence-electron chi connectivity index (χ0n) is 18.8. The van der Waals surface area contributed by atoms with Crippen LogP contribution in [0.5, 0.6) is 0 Å². The summed E-state index contributed by atoms with van der Waals surface area (Å²) in [4.78, 5) is 13.5. The smallest absolute Gasteiger partial charge is 0.444 e. The van der Waals surface area contributed by atoms with Crippen molar-refractivity contribution < 1.29 is 18.8 Å². The second-order valence-corrected chi connectivity index (χ2v) is 9.51. The van der Waals surface area contributed by atoms with Crippen molar-refractivity contribution in [3.05, 3.63) is 12.1 Å². The molecule has 1 saturated heterocycles. The molecular formula is C21H40BNO4. The van der Waals surface area contributed by atoms with Crippen LogP contribution in [0.1, 0.15) is 87.0 Å². The molecule has 1 rings (SSSR count). The van der Waals surface area contributed by atoms with E-state index in [1.165, 1.54) is 12.8 Å². The van der Waals surface area contributed by atoms with Crippen LogP contribution in [-0.2, 0) is 14.0 Å². The van der Waals surface area contributed by atoms with Crippen molar-refractivity contribution in [1.29, 1.82) is 0 Å². The van der Waals surface area contributed by atoms with Gasteiger partial charge in [-0.3, -0.25) is 0 Å². The maximum absolute atomic E-state index is 11.9. The largest absolute Gasteiger partial charge is 0.486 e. The molecule has 0 aromatic rings. The Morgan fingerprint density at radius 1 is 1.00 bits per heavy atom. The Morgan fingerprint density at radius 2 is 1.52 bits per heavy atom. The summed E-state index contributed by atoms with van der Waals surface area (Å²) < 4.78 is 17.2. The molecule has 1 aliphatic rings. The van der Waals surface area contributed by atoms with Gasteiger partial charge in [-0.05, 0) is 67.7 Å². The maximum Gasteiger partial charge on any atom is 0.486 e. The highest BCUT2D eigenvalue weighted by molar-refractivity contribution is 6.51. The Kier molecular flexibility index (Phi) is 8.87. The van der Waals surface area contributed by atoms with Crippen molar-refractivity contribution in [2.45, 2.75) is 104 Å². The summed E-state index contributed by atoms with van der Waals surface area (Å²) in [6, 6.07) is 0. The summed E-state index contributed by atoms with van der Waals surface area (Å²) in [7, 11) is 1.56. The highest BCUT2D eigenvalue weighted by Crippen LogP contribution is 2.36. The van der Waals surface area contributed by atoms with Gasteiger partial charge < -0.3 is 18.9 Å². The molecule has 0 aromatic carbocycles.